The molecule has 1 aromatic carbocycles. The average molecular weight is 184 g/mol. The van der Waals surface area contributed by atoms with Crippen LogP contribution < -0.4 is 0 Å². The lowest BCUT2D eigenvalue weighted by atomic mass is 10.1. The maximum atomic E-state index is 3.93. The number of tetrazole rings is 1. The van der Waals surface area contributed by atoms with Crippen LogP contribution in [-0.2, 0) is 0 Å². The molecule has 0 aliphatic carbocycles. The summed E-state index contributed by atoms with van der Waals surface area (Å²) < 4.78 is 1.74. The third-order valence-electron chi connectivity index (χ3n) is 2.32. The van der Waals surface area contributed by atoms with Crippen LogP contribution in [0.25, 0.3) is 16.6 Å². The zero-order valence-electron chi connectivity index (χ0n) is 7.68. The molecule has 14 heavy (non-hydrogen) atoms. The van der Waals surface area contributed by atoms with Gasteiger partial charge in [0.05, 0.1) is 5.52 Å². The SMILES string of the molecule is Cc1ccc2c(ccc3nnnn32)c1. The van der Waals surface area contributed by atoms with Crippen molar-refractivity contribution in [1.29, 1.82) is 0 Å². The first-order valence-corrected chi connectivity index (χ1v) is 4.42. The van der Waals surface area contributed by atoms with Gasteiger partial charge in [-0.05, 0) is 41.6 Å². The predicted octanol–water partition coefficient (Wildman–Crippen LogP) is 1.59. The highest BCUT2D eigenvalue weighted by Crippen LogP contribution is 2.15. The van der Waals surface area contributed by atoms with Gasteiger partial charge in [-0.3, -0.25) is 0 Å². The largest absolute Gasteiger partial charge is 0.193 e. The molecular weight excluding hydrogens is 176 g/mol. The topological polar surface area (TPSA) is 43.1 Å². The molecule has 0 fully saturated rings. The average Bonchev–Trinajstić information content (AvgIpc) is 2.65. The van der Waals surface area contributed by atoms with Crippen molar-refractivity contribution >= 4 is 16.6 Å². The van der Waals surface area contributed by atoms with E-state index in [-0.39, 0.29) is 0 Å². The molecule has 2 aromatic heterocycles. The van der Waals surface area contributed by atoms with E-state index in [4.69, 9.17) is 0 Å². The van der Waals surface area contributed by atoms with Crippen molar-refractivity contribution in [2.75, 3.05) is 0 Å². The third kappa shape index (κ3) is 0.907. The van der Waals surface area contributed by atoms with Crippen molar-refractivity contribution in [2.24, 2.45) is 0 Å². The second-order valence-electron chi connectivity index (χ2n) is 3.34. The molecule has 68 valence electrons. The van der Waals surface area contributed by atoms with Crippen LogP contribution in [0.5, 0.6) is 0 Å². The fourth-order valence-corrected chi connectivity index (χ4v) is 1.63. The Morgan fingerprint density at radius 2 is 2.07 bits per heavy atom. The lowest BCUT2D eigenvalue weighted by Gasteiger charge is -1.99. The minimum Gasteiger partial charge on any atom is -0.193 e. The molecule has 0 radical (unpaired) electrons. The summed E-state index contributed by atoms with van der Waals surface area (Å²) in [5.41, 5.74) is 3.06. The summed E-state index contributed by atoms with van der Waals surface area (Å²) >= 11 is 0. The molecule has 0 aliphatic heterocycles. The Morgan fingerprint density at radius 3 is 3.00 bits per heavy atom. The van der Waals surface area contributed by atoms with E-state index in [2.05, 4.69) is 34.6 Å². The summed E-state index contributed by atoms with van der Waals surface area (Å²) in [6, 6.07) is 10.2. The lowest BCUT2D eigenvalue weighted by molar-refractivity contribution is 0.841. The molecule has 0 atom stereocenters. The molecule has 0 saturated heterocycles. The number of nitrogens with zero attached hydrogens (tertiary/aromatic N) is 4. The van der Waals surface area contributed by atoms with Gasteiger partial charge in [-0.2, -0.15) is 4.52 Å². The third-order valence-corrected chi connectivity index (χ3v) is 2.32. The van der Waals surface area contributed by atoms with Gasteiger partial charge in [0.25, 0.3) is 0 Å². The second kappa shape index (κ2) is 2.51. The normalized spacial score (nSPS) is 11.2. The van der Waals surface area contributed by atoms with Gasteiger partial charge in [-0.1, -0.05) is 11.6 Å². The molecule has 0 N–H and O–H groups in total. The van der Waals surface area contributed by atoms with E-state index in [0.717, 1.165) is 16.6 Å². The van der Waals surface area contributed by atoms with E-state index < -0.39 is 0 Å². The molecule has 0 unspecified atom stereocenters. The van der Waals surface area contributed by atoms with E-state index in [1.807, 2.05) is 18.2 Å². The van der Waals surface area contributed by atoms with Crippen molar-refractivity contribution in [3.63, 3.8) is 0 Å². The van der Waals surface area contributed by atoms with Crippen molar-refractivity contribution < 1.29 is 0 Å². The van der Waals surface area contributed by atoms with Crippen LogP contribution in [0.3, 0.4) is 0 Å². The lowest BCUT2D eigenvalue weighted by Crippen LogP contribution is -1.90. The summed E-state index contributed by atoms with van der Waals surface area (Å²) in [6.45, 7) is 2.07. The smallest absolute Gasteiger partial charge is 0.179 e. The predicted molar refractivity (Wildman–Crippen MR) is 53.0 cm³/mol. The maximum absolute atomic E-state index is 3.93. The van der Waals surface area contributed by atoms with Gasteiger partial charge in [-0.15, -0.1) is 5.10 Å². The number of rotatable bonds is 0. The molecule has 0 saturated carbocycles. The van der Waals surface area contributed by atoms with Crippen molar-refractivity contribution in [3.8, 4) is 0 Å². The van der Waals surface area contributed by atoms with Crippen molar-refractivity contribution in [2.45, 2.75) is 6.92 Å². The van der Waals surface area contributed by atoms with Crippen LogP contribution in [0.4, 0.5) is 0 Å². The van der Waals surface area contributed by atoms with Gasteiger partial charge < -0.3 is 0 Å². The molecule has 3 rings (SSSR count). The van der Waals surface area contributed by atoms with E-state index >= 15 is 0 Å². The number of benzene rings is 1. The first kappa shape index (κ1) is 7.44. The van der Waals surface area contributed by atoms with Crippen LogP contribution in [0.1, 0.15) is 5.56 Å². The van der Waals surface area contributed by atoms with E-state index in [0.29, 0.717) is 0 Å². The zero-order valence-corrected chi connectivity index (χ0v) is 7.68. The van der Waals surface area contributed by atoms with Crippen LogP contribution in [0, 0.1) is 6.92 Å². The van der Waals surface area contributed by atoms with Crippen LogP contribution in [-0.4, -0.2) is 20.0 Å². The molecule has 0 amide bonds. The Balaban J connectivity index is 2.57. The highest BCUT2D eigenvalue weighted by Gasteiger charge is 2.01. The molecule has 0 bridgehead atoms. The van der Waals surface area contributed by atoms with Crippen LogP contribution >= 0.6 is 0 Å². The fraction of sp³-hybridized carbons (Fsp3) is 0.100. The van der Waals surface area contributed by atoms with Gasteiger partial charge >= 0.3 is 0 Å². The summed E-state index contributed by atoms with van der Waals surface area (Å²) in [7, 11) is 0. The highest BCUT2D eigenvalue weighted by molar-refractivity contribution is 5.81. The molecule has 4 nitrogen and oxygen atoms in total. The Hall–Kier alpha value is -1.97. The van der Waals surface area contributed by atoms with Gasteiger partial charge in [0.1, 0.15) is 0 Å². The van der Waals surface area contributed by atoms with E-state index in [9.17, 15) is 0 Å². The second-order valence-corrected chi connectivity index (χ2v) is 3.34. The van der Waals surface area contributed by atoms with E-state index in [1.54, 1.807) is 4.52 Å². The molecule has 2 heterocycles. The van der Waals surface area contributed by atoms with Crippen molar-refractivity contribution in [3.05, 3.63) is 35.9 Å². The summed E-state index contributed by atoms with van der Waals surface area (Å²) in [4.78, 5) is 0. The molecule has 3 aromatic rings. The maximum Gasteiger partial charge on any atom is 0.179 e. The monoisotopic (exact) mass is 184 g/mol. The minimum atomic E-state index is 0.779. The Bertz CT molecular complexity index is 612. The Labute approximate surface area is 80.2 Å². The van der Waals surface area contributed by atoms with Crippen LogP contribution in [0.15, 0.2) is 30.3 Å². The molecule has 0 spiro atoms. The fourth-order valence-electron chi connectivity index (χ4n) is 1.63. The van der Waals surface area contributed by atoms with Gasteiger partial charge in [0, 0.05) is 5.39 Å². The van der Waals surface area contributed by atoms with E-state index in [1.165, 1.54) is 5.56 Å². The van der Waals surface area contributed by atoms with Crippen molar-refractivity contribution in [1.82, 2.24) is 20.0 Å². The number of hydrogen-bond donors (Lipinski definition) is 0. The molecule has 0 aliphatic rings. The summed E-state index contributed by atoms with van der Waals surface area (Å²) in [6.07, 6.45) is 0. The number of aromatic nitrogens is 4. The zero-order chi connectivity index (χ0) is 9.54. The van der Waals surface area contributed by atoms with Gasteiger partial charge in [-0.25, -0.2) is 0 Å². The summed E-state index contributed by atoms with van der Waals surface area (Å²) in [5, 5.41) is 12.6. The number of aryl methyl sites for hydroxylation is 1. The van der Waals surface area contributed by atoms with Gasteiger partial charge in [0.15, 0.2) is 5.65 Å². The quantitative estimate of drug-likeness (QED) is 0.532. The minimum absolute atomic E-state index is 0.779. The first-order valence-electron chi connectivity index (χ1n) is 4.42. The Kier molecular flexibility index (Phi) is 1.33. The number of fused-ring (bicyclic) bond motifs is 3. The molecular formula is C10H8N4. The number of hydrogen-bond acceptors (Lipinski definition) is 3. The first-order chi connectivity index (χ1) is 6.84. The standard InChI is InChI=1S/C10H8N4/c1-7-2-4-9-8(6-7)3-5-10-11-12-13-14(9)10/h2-6H,1H3. The van der Waals surface area contributed by atoms with Crippen LogP contribution in [0.2, 0.25) is 0 Å². The van der Waals surface area contributed by atoms with Gasteiger partial charge in [0.2, 0.25) is 0 Å². The summed E-state index contributed by atoms with van der Waals surface area (Å²) in [5.74, 6) is 0. The number of pyridine rings is 1. The highest BCUT2D eigenvalue weighted by atomic mass is 15.5. The molecule has 4 heteroatoms. The Morgan fingerprint density at radius 1 is 1.14 bits per heavy atom.